The van der Waals surface area contributed by atoms with Crippen molar-refractivity contribution >= 4 is 22.9 Å². The number of nitrogens with zero attached hydrogens (tertiary/aromatic N) is 3. The van der Waals surface area contributed by atoms with E-state index in [-0.39, 0.29) is 18.7 Å². The zero-order valence-corrected chi connectivity index (χ0v) is 17.4. The van der Waals surface area contributed by atoms with Crippen molar-refractivity contribution in [2.24, 2.45) is 7.05 Å². The molecule has 8 nitrogen and oxygen atoms in total. The quantitative estimate of drug-likeness (QED) is 0.386. The zero-order chi connectivity index (χ0) is 20.8. The van der Waals surface area contributed by atoms with Crippen LogP contribution in [-0.2, 0) is 13.6 Å². The van der Waals surface area contributed by atoms with E-state index in [1.54, 1.807) is 11.6 Å². The number of hydrogen-bond acceptors (Lipinski definition) is 6. The van der Waals surface area contributed by atoms with E-state index >= 15 is 0 Å². The second kappa shape index (κ2) is 9.80. The molecule has 3 rings (SSSR count). The highest BCUT2D eigenvalue weighted by atomic mass is 32.2. The molecule has 0 saturated carbocycles. The highest BCUT2D eigenvalue weighted by Gasteiger charge is 2.20. The molecule has 0 radical (unpaired) electrons. The molecular formula is C20H26N4O4S. The summed E-state index contributed by atoms with van der Waals surface area (Å²) in [6, 6.07) is 9.23. The van der Waals surface area contributed by atoms with Gasteiger partial charge in [0.2, 0.25) is 0 Å². The molecule has 9 heteroatoms. The molecule has 0 bridgehead atoms. The SMILES string of the molecule is CCCCCSc1nc2c(c(=O)[nH]c(=O)n2C)n1C[C@@H](O)COc1ccccc1. The lowest BCUT2D eigenvalue weighted by Gasteiger charge is -2.15. The summed E-state index contributed by atoms with van der Waals surface area (Å²) in [5.74, 6) is 1.51. The summed E-state index contributed by atoms with van der Waals surface area (Å²) in [5.41, 5.74) is -0.424. The number of aryl methyl sites for hydroxylation is 1. The Kier molecular flexibility index (Phi) is 7.16. The number of ether oxygens (including phenoxy) is 1. The number of thioether (sulfide) groups is 1. The molecule has 0 amide bonds. The molecule has 1 atom stereocenters. The van der Waals surface area contributed by atoms with Crippen LogP contribution in [0.15, 0.2) is 45.1 Å². The van der Waals surface area contributed by atoms with Crippen molar-refractivity contribution in [2.45, 2.75) is 44.0 Å². The number of rotatable bonds is 10. The lowest BCUT2D eigenvalue weighted by molar-refractivity contribution is 0.0914. The van der Waals surface area contributed by atoms with Crippen LogP contribution in [0.2, 0.25) is 0 Å². The van der Waals surface area contributed by atoms with Crippen LogP contribution < -0.4 is 16.0 Å². The summed E-state index contributed by atoms with van der Waals surface area (Å²) < 4.78 is 8.62. The Labute approximate surface area is 172 Å². The van der Waals surface area contributed by atoms with Gasteiger partial charge in [-0.25, -0.2) is 9.78 Å². The van der Waals surface area contributed by atoms with Crippen molar-refractivity contribution < 1.29 is 9.84 Å². The van der Waals surface area contributed by atoms with Gasteiger partial charge >= 0.3 is 5.69 Å². The van der Waals surface area contributed by atoms with Gasteiger partial charge in [0.1, 0.15) is 18.5 Å². The molecule has 0 saturated heterocycles. The number of imidazole rings is 1. The Morgan fingerprint density at radius 1 is 1.24 bits per heavy atom. The van der Waals surface area contributed by atoms with Gasteiger partial charge in [0.25, 0.3) is 5.56 Å². The topological polar surface area (TPSA) is 102 Å². The van der Waals surface area contributed by atoms with Crippen molar-refractivity contribution in [1.82, 2.24) is 19.1 Å². The minimum Gasteiger partial charge on any atom is -0.491 e. The van der Waals surface area contributed by atoms with E-state index in [1.807, 2.05) is 30.3 Å². The van der Waals surface area contributed by atoms with Crippen LogP contribution >= 0.6 is 11.8 Å². The second-order valence-corrected chi connectivity index (χ2v) is 7.89. The van der Waals surface area contributed by atoms with E-state index in [9.17, 15) is 14.7 Å². The van der Waals surface area contributed by atoms with Crippen LogP contribution in [0.4, 0.5) is 0 Å². The molecule has 156 valence electrons. The predicted molar refractivity (Wildman–Crippen MR) is 114 cm³/mol. The van der Waals surface area contributed by atoms with Gasteiger partial charge in [-0.05, 0) is 18.6 Å². The van der Waals surface area contributed by atoms with Gasteiger partial charge in [0.15, 0.2) is 16.3 Å². The molecule has 0 aliphatic rings. The maximum absolute atomic E-state index is 12.5. The average molecular weight is 419 g/mol. The third-order valence-corrected chi connectivity index (χ3v) is 5.59. The molecule has 3 aromatic rings. The predicted octanol–water partition coefficient (Wildman–Crippen LogP) is 2.15. The Morgan fingerprint density at radius 3 is 2.72 bits per heavy atom. The summed E-state index contributed by atoms with van der Waals surface area (Å²) in [5, 5.41) is 11.1. The molecule has 29 heavy (non-hydrogen) atoms. The van der Waals surface area contributed by atoms with E-state index < -0.39 is 17.4 Å². The first-order valence-corrected chi connectivity index (χ1v) is 10.7. The molecule has 2 heterocycles. The largest absolute Gasteiger partial charge is 0.491 e. The van der Waals surface area contributed by atoms with Gasteiger partial charge in [0.05, 0.1) is 6.54 Å². The number of aromatic amines is 1. The number of aliphatic hydroxyl groups is 1. The average Bonchev–Trinajstić information content (AvgIpc) is 3.07. The Hall–Kier alpha value is -2.52. The third-order valence-electron chi connectivity index (χ3n) is 4.53. The number of fused-ring (bicyclic) bond motifs is 1. The molecule has 0 spiro atoms. The molecule has 2 aromatic heterocycles. The first-order valence-electron chi connectivity index (χ1n) is 9.69. The summed E-state index contributed by atoms with van der Waals surface area (Å²) in [6.07, 6.45) is 2.40. The number of aliphatic hydroxyl groups excluding tert-OH is 1. The van der Waals surface area contributed by atoms with Crippen LogP contribution in [0, 0.1) is 0 Å². The van der Waals surface area contributed by atoms with E-state index in [2.05, 4.69) is 16.9 Å². The maximum atomic E-state index is 12.5. The van der Waals surface area contributed by atoms with Crippen LogP contribution in [0.5, 0.6) is 5.75 Å². The Balaban J connectivity index is 1.85. The van der Waals surface area contributed by atoms with Crippen LogP contribution in [0.3, 0.4) is 0 Å². The monoisotopic (exact) mass is 418 g/mol. The number of para-hydroxylation sites is 1. The molecular weight excluding hydrogens is 392 g/mol. The first kappa shape index (κ1) is 21.2. The number of hydrogen-bond donors (Lipinski definition) is 2. The fraction of sp³-hybridized carbons (Fsp3) is 0.450. The maximum Gasteiger partial charge on any atom is 0.329 e. The van der Waals surface area contributed by atoms with Crippen molar-refractivity contribution in [3.8, 4) is 5.75 Å². The highest BCUT2D eigenvalue weighted by Crippen LogP contribution is 2.23. The number of H-pyrrole nitrogens is 1. The van der Waals surface area contributed by atoms with E-state index in [0.29, 0.717) is 16.6 Å². The minimum absolute atomic E-state index is 0.0767. The van der Waals surface area contributed by atoms with Gasteiger partial charge in [-0.1, -0.05) is 49.7 Å². The summed E-state index contributed by atoms with van der Waals surface area (Å²) in [4.78, 5) is 31.2. The fourth-order valence-electron chi connectivity index (χ4n) is 2.98. The number of aromatic nitrogens is 4. The lowest BCUT2D eigenvalue weighted by atomic mass is 10.3. The van der Waals surface area contributed by atoms with Crippen molar-refractivity contribution in [2.75, 3.05) is 12.4 Å². The van der Waals surface area contributed by atoms with E-state index in [0.717, 1.165) is 25.0 Å². The molecule has 0 unspecified atom stereocenters. The van der Waals surface area contributed by atoms with Crippen LogP contribution in [0.1, 0.15) is 26.2 Å². The zero-order valence-electron chi connectivity index (χ0n) is 16.6. The summed E-state index contributed by atoms with van der Waals surface area (Å²) >= 11 is 1.52. The van der Waals surface area contributed by atoms with Gasteiger partial charge in [-0.3, -0.25) is 14.3 Å². The van der Waals surface area contributed by atoms with E-state index in [4.69, 9.17) is 4.74 Å². The molecule has 0 fully saturated rings. The highest BCUT2D eigenvalue weighted by molar-refractivity contribution is 7.99. The second-order valence-electron chi connectivity index (χ2n) is 6.83. The van der Waals surface area contributed by atoms with Crippen LogP contribution in [-0.4, -0.2) is 42.7 Å². The Bertz CT molecular complexity index is 1060. The van der Waals surface area contributed by atoms with E-state index in [1.165, 1.54) is 16.3 Å². The smallest absolute Gasteiger partial charge is 0.329 e. The van der Waals surface area contributed by atoms with Gasteiger partial charge in [-0.15, -0.1) is 0 Å². The lowest BCUT2D eigenvalue weighted by Crippen LogP contribution is -2.30. The molecule has 1 aromatic carbocycles. The number of nitrogens with one attached hydrogen (secondary N) is 1. The van der Waals surface area contributed by atoms with Gasteiger partial charge in [-0.2, -0.15) is 0 Å². The molecule has 0 aliphatic heterocycles. The normalized spacial score (nSPS) is 12.4. The van der Waals surface area contributed by atoms with Crippen LogP contribution in [0.25, 0.3) is 11.2 Å². The minimum atomic E-state index is -0.848. The van der Waals surface area contributed by atoms with Gasteiger partial charge in [0, 0.05) is 12.8 Å². The molecule has 2 N–H and O–H groups in total. The molecule has 0 aliphatic carbocycles. The summed E-state index contributed by atoms with van der Waals surface area (Å²) in [7, 11) is 1.57. The summed E-state index contributed by atoms with van der Waals surface area (Å²) in [6.45, 7) is 2.35. The van der Waals surface area contributed by atoms with Gasteiger partial charge < -0.3 is 14.4 Å². The van der Waals surface area contributed by atoms with Crippen molar-refractivity contribution in [3.63, 3.8) is 0 Å². The van der Waals surface area contributed by atoms with Crippen molar-refractivity contribution in [3.05, 3.63) is 51.2 Å². The fourth-order valence-corrected chi connectivity index (χ4v) is 3.99. The standard InChI is InChI=1S/C20H26N4O4S/c1-3-4-8-11-29-20-21-17-16(18(26)22-19(27)23(17)2)24(20)12-14(25)13-28-15-9-6-5-7-10-15/h5-7,9-10,14,25H,3-4,8,11-13H2,1-2H3,(H,22,26,27)/t14-/m1/s1. The first-order chi connectivity index (χ1) is 14.0. The Morgan fingerprint density at radius 2 is 2.00 bits per heavy atom. The number of unbranched alkanes of at least 4 members (excludes halogenated alkanes) is 2. The third kappa shape index (κ3) is 5.10. The number of benzene rings is 1. The van der Waals surface area contributed by atoms with Crippen molar-refractivity contribution in [1.29, 1.82) is 0 Å².